The number of anilines is 2. The number of benzene rings is 1. The molecule has 0 heterocycles. The third kappa shape index (κ3) is 10.5. The van der Waals surface area contributed by atoms with Crippen molar-refractivity contribution in [2.24, 2.45) is 0 Å². The summed E-state index contributed by atoms with van der Waals surface area (Å²) in [4.78, 5) is 27.6. The smallest absolute Gasteiger partial charge is 0.411 e. The molecule has 8 heteroatoms. The van der Waals surface area contributed by atoms with Crippen LogP contribution in [0.2, 0.25) is 0 Å². The van der Waals surface area contributed by atoms with E-state index in [9.17, 15) is 9.59 Å². The molecule has 0 aliphatic heterocycles. The van der Waals surface area contributed by atoms with Crippen LogP contribution >= 0.6 is 0 Å². The highest BCUT2D eigenvalue weighted by molar-refractivity contribution is 5.88. The molecule has 2 N–H and O–H groups in total. The molecule has 8 nitrogen and oxygen atoms in total. The molecule has 1 rings (SSSR count). The van der Waals surface area contributed by atoms with E-state index in [0.717, 1.165) is 25.9 Å². The van der Waals surface area contributed by atoms with Gasteiger partial charge < -0.3 is 19.3 Å². The summed E-state index contributed by atoms with van der Waals surface area (Å²) in [5.41, 5.74) is 1.07. The van der Waals surface area contributed by atoms with Gasteiger partial charge in [-0.1, -0.05) is 6.07 Å². The van der Waals surface area contributed by atoms with E-state index in [-0.39, 0.29) is 0 Å². The molecule has 0 aromatic heterocycles. The summed E-state index contributed by atoms with van der Waals surface area (Å²) >= 11 is 0. The first-order chi connectivity index (χ1) is 12.4. The minimum atomic E-state index is -0.521. The number of carbonyl (C=O) groups is 2. The van der Waals surface area contributed by atoms with Crippen LogP contribution in [-0.4, -0.2) is 76.5 Å². The first-order valence-corrected chi connectivity index (χ1v) is 8.64. The summed E-state index contributed by atoms with van der Waals surface area (Å²) in [6.07, 6.45) is 0.489. The summed E-state index contributed by atoms with van der Waals surface area (Å²) < 4.78 is 10.2. The predicted molar refractivity (Wildman–Crippen MR) is 103 cm³/mol. The van der Waals surface area contributed by atoms with Gasteiger partial charge in [-0.2, -0.15) is 0 Å². The zero-order valence-corrected chi connectivity index (χ0v) is 16.1. The molecule has 0 saturated heterocycles. The molecule has 0 radical (unpaired) electrons. The van der Waals surface area contributed by atoms with Crippen molar-refractivity contribution in [1.82, 2.24) is 9.80 Å². The van der Waals surface area contributed by atoms with Gasteiger partial charge in [0.25, 0.3) is 0 Å². The van der Waals surface area contributed by atoms with Crippen molar-refractivity contribution in [1.29, 1.82) is 0 Å². The Balaban J connectivity index is 2.35. The van der Waals surface area contributed by atoms with Gasteiger partial charge in [0.1, 0.15) is 0 Å². The second kappa shape index (κ2) is 12.1. The number of nitrogens with zero attached hydrogens (tertiary/aromatic N) is 2. The van der Waals surface area contributed by atoms with Crippen LogP contribution in [0.3, 0.4) is 0 Å². The van der Waals surface area contributed by atoms with E-state index in [0.29, 0.717) is 24.6 Å². The van der Waals surface area contributed by atoms with E-state index >= 15 is 0 Å². The van der Waals surface area contributed by atoms with Crippen molar-refractivity contribution in [2.75, 3.05) is 65.1 Å². The van der Waals surface area contributed by atoms with Gasteiger partial charge in [0, 0.05) is 24.5 Å². The normalized spacial score (nSPS) is 10.7. The lowest BCUT2D eigenvalue weighted by Gasteiger charge is -2.12. The average Bonchev–Trinajstić information content (AvgIpc) is 2.55. The Morgan fingerprint density at radius 2 is 1.27 bits per heavy atom. The van der Waals surface area contributed by atoms with Crippen molar-refractivity contribution >= 4 is 23.6 Å². The van der Waals surface area contributed by atoms with E-state index in [4.69, 9.17) is 9.47 Å². The molecule has 1 aromatic carbocycles. The summed E-state index contributed by atoms with van der Waals surface area (Å²) in [6, 6.07) is 6.80. The van der Waals surface area contributed by atoms with E-state index in [1.54, 1.807) is 24.3 Å². The maximum atomic E-state index is 11.8. The second-order valence-electron chi connectivity index (χ2n) is 6.42. The van der Waals surface area contributed by atoms with Crippen molar-refractivity contribution < 1.29 is 19.1 Å². The van der Waals surface area contributed by atoms with Gasteiger partial charge in [-0.15, -0.1) is 0 Å². The zero-order chi connectivity index (χ0) is 19.4. The quantitative estimate of drug-likeness (QED) is 0.620. The molecule has 0 spiro atoms. The van der Waals surface area contributed by atoms with Gasteiger partial charge in [-0.25, -0.2) is 9.59 Å². The maximum Gasteiger partial charge on any atom is 0.411 e. The summed E-state index contributed by atoms with van der Waals surface area (Å²) in [5.74, 6) is 0. The number of hydrogen-bond donors (Lipinski definition) is 2. The predicted octanol–water partition coefficient (Wildman–Crippen LogP) is 2.69. The average molecular weight is 366 g/mol. The minimum Gasteiger partial charge on any atom is -0.449 e. The lowest BCUT2D eigenvalue weighted by molar-refractivity contribution is 0.155. The molecule has 0 bridgehead atoms. The van der Waals surface area contributed by atoms with E-state index in [1.165, 1.54) is 0 Å². The molecule has 0 saturated carbocycles. The third-order valence-electron chi connectivity index (χ3n) is 3.32. The van der Waals surface area contributed by atoms with Crippen LogP contribution < -0.4 is 10.6 Å². The Hall–Kier alpha value is -2.32. The Labute approximate surface area is 155 Å². The van der Waals surface area contributed by atoms with Crippen molar-refractivity contribution in [3.05, 3.63) is 24.3 Å². The Morgan fingerprint density at radius 3 is 1.65 bits per heavy atom. The fraction of sp³-hybridized carbons (Fsp3) is 0.556. The Bertz CT molecular complexity index is 519. The van der Waals surface area contributed by atoms with Gasteiger partial charge in [0.15, 0.2) is 0 Å². The summed E-state index contributed by atoms with van der Waals surface area (Å²) in [5, 5.41) is 5.27. The minimum absolute atomic E-state index is 0.348. The molecule has 0 atom stereocenters. The molecule has 146 valence electrons. The standard InChI is InChI=1S/C18H30N4O4/c1-21(2)10-6-12-25-17(23)19-15-8-5-9-16(14-15)20-18(24)26-13-7-11-22(3)4/h5,8-9,14H,6-7,10-13H2,1-4H3,(H,19,23)(H,20,24). The fourth-order valence-electron chi connectivity index (χ4n) is 2.07. The Kier molecular flexibility index (Phi) is 10.1. The number of ether oxygens (including phenoxy) is 2. The molecular weight excluding hydrogens is 336 g/mol. The highest BCUT2D eigenvalue weighted by Gasteiger charge is 2.07. The van der Waals surface area contributed by atoms with Crippen LogP contribution in [0.1, 0.15) is 12.8 Å². The number of rotatable bonds is 10. The molecule has 0 aliphatic carbocycles. The van der Waals surface area contributed by atoms with Crippen molar-refractivity contribution in [3.63, 3.8) is 0 Å². The van der Waals surface area contributed by atoms with Crippen molar-refractivity contribution in [3.8, 4) is 0 Å². The van der Waals surface area contributed by atoms with Crippen LogP contribution in [0.25, 0.3) is 0 Å². The SMILES string of the molecule is CN(C)CCCOC(=O)Nc1cccc(NC(=O)OCCCN(C)C)c1. The van der Waals surface area contributed by atoms with Gasteiger partial charge in [0.05, 0.1) is 13.2 Å². The highest BCUT2D eigenvalue weighted by atomic mass is 16.6. The molecule has 0 aliphatic rings. The summed E-state index contributed by atoms with van der Waals surface area (Å²) in [6.45, 7) is 2.40. The number of hydrogen-bond acceptors (Lipinski definition) is 6. The maximum absolute atomic E-state index is 11.8. The topological polar surface area (TPSA) is 83.1 Å². The van der Waals surface area contributed by atoms with Gasteiger partial charge in [-0.05, 0) is 59.2 Å². The molecule has 0 fully saturated rings. The van der Waals surface area contributed by atoms with Crippen LogP contribution in [0, 0.1) is 0 Å². The first-order valence-electron chi connectivity index (χ1n) is 8.64. The number of carbonyl (C=O) groups excluding carboxylic acids is 2. The van der Waals surface area contributed by atoms with Crippen LogP contribution in [0.15, 0.2) is 24.3 Å². The van der Waals surface area contributed by atoms with Crippen molar-refractivity contribution in [2.45, 2.75) is 12.8 Å². The number of amides is 2. The molecule has 2 amide bonds. The third-order valence-corrected chi connectivity index (χ3v) is 3.32. The van der Waals surface area contributed by atoms with E-state index in [2.05, 4.69) is 10.6 Å². The number of nitrogens with one attached hydrogen (secondary N) is 2. The van der Waals surface area contributed by atoms with Gasteiger partial charge >= 0.3 is 12.2 Å². The van der Waals surface area contributed by atoms with Crippen LogP contribution in [0.5, 0.6) is 0 Å². The summed E-state index contributed by atoms with van der Waals surface area (Å²) in [7, 11) is 7.86. The zero-order valence-electron chi connectivity index (χ0n) is 16.1. The highest BCUT2D eigenvalue weighted by Crippen LogP contribution is 2.15. The first kappa shape index (κ1) is 21.7. The lowest BCUT2D eigenvalue weighted by Crippen LogP contribution is -2.19. The van der Waals surface area contributed by atoms with E-state index in [1.807, 2.05) is 38.0 Å². The van der Waals surface area contributed by atoms with Crippen LogP contribution in [-0.2, 0) is 9.47 Å². The molecule has 1 aromatic rings. The van der Waals surface area contributed by atoms with E-state index < -0.39 is 12.2 Å². The molecule has 0 unspecified atom stereocenters. The Morgan fingerprint density at radius 1 is 0.846 bits per heavy atom. The fourth-order valence-corrected chi connectivity index (χ4v) is 2.07. The lowest BCUT2D eigenvalue weighted by atomic mass is 10.3. The largest absolute Gasteiger partial charge is 0.449 e. The van der Waals surface area contributed by atoms with Crippen LogP contribution in [0.4, 0.5) is 21.0 Å². The van der Waals surface area contributed by atoms with Gasteiger partial charge in [0.2, 0.25) is 0 Å². The van der Waals surface area contributed by atoms with Gasteiger partial charge in [-0.3, -0.25) is 10.6 Å². The molecular formula is C18H30N4O4. The second-order valence-corrected chi connectivity index (χ2v) is 6.42. The monoisotopic (exact) mass is 366 g/mol. The molecule has 26 heavy (non-hydrogen) atoms.